The number of aromatic nitrogens is 2. The molecule has 1 unspecified atom stereocenters. The first kappa shape index (κ1) is 22.8. The third-order valence-electron chi connectivity index (χ3n) is 4.89. The first-order valence-corrected chi connectivity index (χ1v) is 10.1. The molecule has 3 rings (SSSR count). The molecule has 0 bridgehead atoms. The van der Waals surface area contributed by atoms with E-state index in [0.29, 0.717) is 19.5 Å². The maximum Gasteiger partial charge on any atom is 0.490 e. The van der Waals surface area contributed by atoms with E-state index in [0.717, 1.165) is 0 Å². The Morgan fingerprint density at radius 3 is 2.65 bits per heavy atom. The topological polar surface area (TPSA) is 131 Å². The van der Waals surface area contributed by atoms with E-state index in [-0.39, 0.29) is 34.7 Å². The maximum absolute atomic E-state index is 12.9. The summed E-state index contributed by atoms with van der Waals surface area (Å²) in [5.41, 5.74) is -1.12. The van der Waals surface area contributed by atoms with Crippen LogP contribution >= 0.6 is 0 Å². The Labute approximate surface area is 179 Å². The molecule has 3 heterocycles. The highest BCUT2D eigenvalue weighted by molar-refractivity contribution is 6.58. The van der Waals surface area contributed by atoms with Gasteiger partial charge in [-0.1, -0.05) is 0 Å². The zero-order valence-electron chi connectivity index (χ0n) is 18.0. The molecule has 1 atom stereocenters. The maximum atomic E-state index is 12.9. The Balaban J connectivity index is 2.05. The Morgan fingerprint density at radius 1 is 1.32 bits per heavy atom. The van der Waals surface area contributed by atoms with Crippen molar-refractivity contribution < 1.29 is 29.1 Å². The van der Waals surface area contributed by atoms with Crippen molar-refractivity contribution in [2.45, 2.75) is 45.8 Å². The van der Waals surface area contributed by atoms with Gasteiger partial charge in [0.25, 0.3) is 0 Å². The van der Waals surface area contributed by atoms with Crippen molar-refractivity contribution >= 4 is 35.7 Å². The molecule has 0 saturated carbocycles. The molecule has 1 amide bonds. The average Bonchev–Trinajstić information content (AvgIpc) is 3.17. The summed E-state index contributed by atoms with van der Waals surface area (Å²) in [4.78, 5) is 43.5. The van der Waals surface area contributed by atoms with Crippen LogP contribution in [0.1, 0.15) is 50.5 Å². The van der Waals surface area contributed by atoms with Gasteiger partial charge >= 0.3 is 19.2 Å². The van der Waals surface area contributed by atoms with Crippen molar-refractivity contribution in [2.24, 2.45) is 0 Å². The van der Waals surface area contributed by atoms with Crippen molar-refractivity contribution in [2.75, 3.05) is 19.7 Å². The molecule has 2 N–H and O–H groups in total. The molecule has 0 aliphatic carbocycles. The summed E-state index contributed by atoms with van der Waals surface area (Å²) in [6.07, 6.45) is 2.78. The minimum Gasteiger partial charge on any atom is -0.462 e. The Morgan fingerprint density at radius 2 is 2.03 bits per heavy atom. The van der Waals surface area contributed by atoms with E-state index in [1.807, 2.05) is 0 Å². The quantitative estimate of drug-likeness (QED) is 0.527. The number of fused-ring (bicyclic) bond motifs is 1. The number of esters is 1. The van der Waals surface area contributed by atoms with Gasteiger partial charge in [-0.2, -0.15) is 0 Å². The van der Waals surface area contributed by atoms with Gasteiger partial charge in [-0.05, 0) is 40.2 Å². The van der Waals surface area contributed by atoms with Crippen molar-refractivity contribution in [3.63, 3.8) is 0 Å². The third-order valence-corrected chi connectivity index (χ3v) is 4.89. The number of amides is 1. The van der Waals surface area contributed by atoms with Crippen LogP contribution in [0.3, 0.4) is 0 Å². The van der Waals surface area contributed by atoms with Crippen LogP contribution in [0, 0.1) is 0 Å². The van der Waals surface area contributed by atoms with E-state index >= 15 is 0 Å². The minimum atomic E-state index is -1.81. The molecule has 2 aromatic heterocycles. The van der Waals surface area contributed by atoms with E-state index in [4.69, 9.17) is 9.47 Å². The molecule has 2 aromatic rings. The van der Waals surface area contributed by atoms with Crippen molar-refractivity contribution in [1.82, 2.24) is 14.5 Å². The van der Waals surface area contributed by atoms with Gasteiger partial charge in [0.1, 0.15) is 16.8 Å². The van der Waals surface area contributed by atoms with Crippen LogP contribution in [0.4, 0.5) is 4.79 Å². The Bertz CT molecular complexity index is 1060. The van der Waals surface area contributed by atoms with Gasteiger partial charge < -0.3 is 29.0 Å². The van der Waals surface area contributed by atoms with Crippen LogP contribution in [-0.2, 0) is 9.47 Å². The van der Waals surface area contributed by atoms with Gasteiger partial charge in [0.15, 0.2) is 0 Å². The molecular formula is C20H26BN3O7. The number of rotatable bonds is 4. The summed E-state index contributed by atoms with van der Waals surface area (Å²) in [6, 6.07) is 1.04. The molecule has 0 aromatic carbocycles. The molecule has 31 heavy (non-hydrogen) atoms. The number of nitrogens with zero attached hydrogens (tertiary/aromatic N) is 3. The van der Waals surface area contributed by atoms with Gasteiger partial charge in [-0.15, -0.1) is 0 Å². The van der Waals surface area contributed by atoms with Crippen LogP contribution in [0.2, 0.25) is 0 Å². The van der Waals surface area contributed by atoms with E-state index in [1.165, 1.54) is 18.5 Å². The van der Waals surface area contributed by atoms with Crippen LogP contribution in [-0.4, -0.2) is 69.0 Å². The van der Waals surface area contributed by atoms with Crippen LogP contribution in [0.5, 0.6) is 0 Å². The fraction of sp³-hybridized carbons (Fsp3) is 0.500. The van der Waals surface area contributed by atoms with Gasteiger partial charge in [0.05, 0.1) is 18.0 Å². The van der Waals surface area contributed by atoms with E-state index < -0.39 is 30.2 Å². The highest BCUT2D eigenvalue weighted by atomic mass is 16.6. The molecule has 0 spiro atoms. The predicted octanol–water partition coefficient (Wildman–Crippen LogP) is 0.435. The normalized spacial score (nSPS) is 16.5. The Kier molecular flexibility index (Phi) is 6.37. The summed E-state index contributed by atoms with van der Waals surface area (Å²) in [5.74, 6) is -0.778. The fourth-order valence-electron chi connectivity index (χ4n) is 3.49. The molecule has 1 fully saturated rings. The van der Waals surface area contributed by atoms with E-state index in [2.05, 4.69) is 4.98 Å². The van der Waals surface area contributed by atoms with E-state index in [1.54, 1.807) is 37.2 Å². The number of ether oxygens (including phenoxy) is 2. The van der Waals surface area contributed by atoms with Crippen molar-refractivity contribution in [1.29, 1.82) is 0 Å². The summed E-state index contributed by atoms with van der Waals surface area (Å²) >= 11 is 0. The summed E-state index contributed by atoms with van der Waals surface area (Å²) in [5, 5.41) is 19.0. The lowest BCUT2D eigenvalue weighted by Crippen LogP contribution is -2.35. The number of hydrogen-bond acceptors (Lipinski definition) is 8. The van der Waals surface area contributed by atoms with Gasteiger partial charge in [-0.25, -0.2) is 14.6 Å². The van der Waals surface area contributed by atoms with Gasteiger partial charge in [-0.3, -0.25) is 4.79 Å². The molecule has 166 valence electrons. The third kappa shape index (κ3) is 4.88. The fourth-order valence-corrected chi connectivity index (χ4v) is 3.49. The molecule has 11 heteroatoms. The summed E-state index contributed by atoms with van der Waals surface area (Å²) in [6.45, 7) is 7.84. The minimum absolute atomic E-state index is 0.0268. The SMILES string of the molecule is CCOC(=O)c1cn(C2CCN(C(=O)OC(C)(C)C)C2)c2ncc(B(O)O)cc2c1=O. The molecule has 0 radical (unpaired) electrons. The van der Waals surface area contributed by atoms with Crippen LogP contribution in [0.25, 0.3) is 11.0 Å². The summed E-state index contributed by atoms with van der Waals surface area (Å²) in [7, 11) is -1.81. The zero-order chi connectivity index (χ0) is 22.9. The molecule has 1 aliphatic rings. The lowest BCUT2D eigenvalue weighted by Gasteiger charge is -2.25. The standard InChI is InChI=1S/C20H26BN3O7/c1-5-30-18(26)15-11-24(13-6-7-23(10-13)19(27)31-20(2,3)4)17-14(16(15)25)8-12(9-22-17)21(28)29/h8-9,11,13,28-29H,5-7,10H2,1-4H3. The summed E-state index contributed by atoms with van der Waals surface area (Å²) < 4.78 is 12.1. The predicted molar refractivity (Wildman–Crippen MR) is 113 cm³/mol. The van der Waals surface area contributed by atoms with Gasteiger partial charge in [0.2, 0.25) is 5.43 Å². The number of pyridine rings is 2. The number of hydrogen-bond donors (Lipinski definition) is 2. The average molecular weight is 431 g/mol. The largest absolute Gasteiger partial charge is 0.490 e. The highest BCUT2D eigenvalue weighted by Gasteiger charge is 2.32. The highest BCUT2D eigenvalue weighted by Crippen LogP contribution is 2.26. The smallest absolute Gasteiger partial charge is 0.462 e. The van der Waals surface area contributed by atoms with Crippen LogP contribution < -0.4 is 10.9 Å². The van der Waals surface area contributed by atoms with Crippen molar-refractivity contribution in [3.05, 3.63) is 34.2 Å². The number of carbonyl (C=O) groups excluding carboxylic acids is 2. The molecule has 1 aliphatic heterocycles. The molecular weight excluding hydrogens is 405 g/mol. The monoisotopic (exact) mass is 431 g/mol. The van der Waals surface area contributed by atoms with Gasteiger partial charge in [0, 0.05) is 30.9 Å². The van der Waals surface area contributed by atoms with Crippen LogP contribution in [0.15, 0.2) is 23.3 Å². The molecule has 10 nitrogen and oxygen atoms in total. The lowest BCUT2D eigenvalue weighted by molar-refractivity contribution is 0.0288. The van der Waals surface area contributed by atoms with E-state index in [9.17, 15) is 24.4 Å². The first-order valence-electron chi connectivity index (χ1n) is 10.1. The molecule has 1 saturated heterocycles. The second-order valence-electron chi connectivity index (χ2n) is 8.38. The Hall–Kier alpha value is -2.92. The lowest BCUT2D eigenvalue weighted by atomic mass is 9.81. The first-order chi connectivity index (χ1) is 14.5. The number of likely N-dealkylation sites (tertiary alicyclic amines) is 1. The second kappa shape index (κ2) is 8.68. The second-order valence-corrected chi connectivity index (χ2v) is 8.38. The zero-order valence-corrected chi connectivity index (χ0v) is 18.0. The van der Waals surface area contributed by atoms with Crippen molar-refractivity contribution in [3.8, 4) is 0 Å². The number of carbonyl (C=O) groups is 2.